The van der Waals surface area contributed by atoms with Gasteiger partial charge in [-0.15, -0.1) is 11.3 Å². The zero-order valence-electron chi connectivity index (χ0n) is 16.0. The van der Waals surface area contributed by atoms with Gasteiger partial charge in [0.15, 0.2) is 0 Å². The van der Waals surface area contributed by atoms with Gasteiger partial charge in [0.25, 0.3) is 5.91 Å². The molecule has 0 saturated heterocycles. The Balaban J connectivity index is 2.36. The normalized spacial score (nSPS) is 11.6. The van der Waals surface area contributed by atoms with Gasteiger partial charge < -0.3 is 20.1 Å². The third-order valence-electron chi connectivity index (χ3n) is 4.00. The van der Waals surface area contributed by atoms with Gasteiger partial charge in [0.05, 0.1) is 29.3 Å². The highest BCUT2D eigenvalue weighted by atomic mass is 32.1. The average Bonchev–Trinajstić information content (AvgIpc) is 3.25. The lowest BCUT2D eigenvalue weighted by Gasteiger charge is -2.12. The highest BCUT2D eigenvalue weighted by Gasteiger charge is 2.28. The molecule has 2 N–H and O–H groups in total. The van der Waals surface area contributed by atoms with E-state index in [0.717, 1.165) is 17.5 Å². The number of anilines is 1. The predicted octanol–water partition coefficient (Wildman–Crippen LogP) is 1.64. The van der Waals surface area contributed by atoms with Gasteiger partial charge in [-0.3, -0.25) is 14.3 Å². The number of methoxy groups -OCH3 is 1. The predicted molar refractivity (Wildman–Crippen MR) is 101 cm³/mol. The summed E-state index contributed by atoms with van der Waals surface area (Å²) in [6, 6.07) is -0.853. The van der Waals surface area contributed by atoms with E-state index in [1.165, 1.54) is 29.8 Å². The number of esters is 1. The Kier molecular flexibility index (Phi) is 6.19. The Hall–Kier alpha value is -3.21. The molecule has 0 spiro atoms. The quantitative estimate of drug-likeness (QED) is 0.695. The lowest BCUT2D eigenvalue weighted by atomic mass is 10.1. The van der Waals surface area contributed by atoms with Crippen molar-refractivity contribution in [2.75, 3.05) is 26.5 Å². The third kappa shape index (κ3) is 4.03. The molecule has 10 nitrogen and oxygen atoms in total. The summed E-state index contributed by atoms with van der Waals surface area (Å²) in [6.45, 7) is 3.13. The molecule has 0 saturated carbocycles. The van der Waals surface area contributed by atoms with Gasteiger partial charge in [-0.1, -0.05) is 0 Å². The topological polar surface area (TPSA) is 131 Å². The van der Waals surface area contributed by atoms with Crippen molar-refractivity contribution in [3.63, 3.8) is 0 Å². The molecule has 150 valence electrons. The standard InChI is InChI=1S/C17H20N4O6S/c1-8-11(17(26)27-5)14(28-12(8)15(23)20(3)4)19-13(22)9(2)21-7-10(6-18-21)16(24)25/h6-7,9H,1-5H3,(H,19,22)(H,24,25). The zero-order valence-corrected chi connectivity index (χ0v) is 16.8. The minimum atomic E-state index is -1.16. The van der Waals surface area contributed by atoms with Crippen LogP contribution in [0.25, 0.3) is 0 Å². The van der Waals surface area contributed by atoms with Crippen LogP contribution < -0.4 is 5.32 Å². The van der Waals surface area contributed by atoms with Crippen LogP contribution in [-0.2, 0) is 9.53 Å². The first-order chi connectivity index (χ1) is 13.1. The molecule has 0 aliphatic rings. The summed E-state index contributed by atoms with van der Waals surface area (Å²) < 4.78 is 5.97. The van der Waals surface area contributed by atoms with Crippen molar-refractivity contribution in [1.82, 2.24) is 14.7 Å². The number of nitrogens with zero attached hydrogens (tertiary/aromatic N) is 3. The van der Waals surface area contributed by atoms with Gasteiger partial charge in [0.2, 0.25) is 5.91 Å². The minimum absolute atomic E-state index is 0.0549. The van der Waals surface area contributed by atoms with E-state index < -0.39 is 23.9 Å². The molecular weight excluding hydrogens is 388 g/mol. The maximum atomic E-state index is 12.6. The number of aromatic carboxylic acids is 1. The maximum Gasteiger partial charge on any atom is 0.341 e. The molecule has 11 heteroatoms. The smallest absolute Gasteiger partial charge is 0.341 e. The van der Waals surface area contributed by atoms with Crippen LogP contribution in [0.3, 0.4) is 0 Å². The van der Waals surface area contributed by atoms with E-state index in [4.69, 9.17) is 9.84 Å². The third-order valence-corrected chi connectivity index (χ3v) is 5.19. The molecule has 0 aromatic carbocycles. The van der Waals surface area contributed by atoms with E-state index in [0.29, 0.717) is 10.4 Å². The number of thiophene rings is 1. The van der Waals surface area contributed by atoms with Gasteiger partial charge in [-0.05, 0) is 19.4 Å². The fraction of sp³-hybridized carbons (Fsp3) is 0.353. The van der Waals surface area contributed by atoms with E-state index in [1.807, 2.05) is 0 Å². The van der Waals surface area contributed by atoms with Crippen LogP contribution in [-0.4, -0.2) is 64.7 Å². The molecule has 28 heavy (non-hydrogen) atoms. The number of rotatable bonds is 6. The maximum absolute atomic E-state index is 12.6. The summed E-state index contributed by atoms with van der Waals surface area (Å²) in [5.41, 5.74) is 0.455. The van der Waals surface area contributed by atoms with Crippen molar-refractivity contribution in [2.45, 2.75) is 19.9 Å². The molecule has 1 unspecified atom stereocenters. The fourth-order valence-electron chi connectivity index (χ4n) is 2.35. The van der Waals surface area contributed by atoms with Crippen molar-refractivity contribution in [3.05, 3.63) is 34.0 Å². The number of nitrogens with one attached hydrogen (secondary N) is 1. The Labute approximate surface area is 164 Å². The molecular formula is C17H20N4O6S. The van der Waals surface area contributed by atoms with Gasteiger partial charge in [0, 0.05) is 20.3 Å². The Morgan fingerprint density at radius 1 is 1.32 bits per heavy atom. The van der Waals surface area contributed by atoms with Crippen LogP contribution in [0.5, 0.6) is 0 Å². The lowest BCUT2D eigenvalue weighted by Crippen LogP contribution is -2.24. The zero-order chi connectivity index (χ0) is 21.2. The Morgan fingerprint density at radius 2 is 1.96 bits per heavy atom. The van der Waals surface area contributed by atoms with Crippen LogP contribution in [0.2, 0.25) is 0 Å². The molecule has 0 bridgehead atoms. The largest absolute Gasteiger partial charge is 0.478 e. The highest BCUT2D eigenvalue weighted by Crippen LogP contribution is 2.34. The first-order valence-corrected chi connectivity index (χ1v) is 8.91. The number of aromatic nitrogens is 2. The number of amides is 2. The van der Waals surface area contributed by atoms with Crippen LogP contribution >= 0.6 is 11.3 Å². The van der Waals surface area contributed by atoms with E-state index in [2.05, 4.69) is 10.4 Å². The molecule has 0 aliphatic carbocycles. The number of hydrogen-bond acceptors (Lipinski definition) is 7. The van der Waals surface area contributed by atoms with Gasteiger partial charge >= 0.3 is 11.9 Å². The van der Waals surface area contributed by atoms with Crippen molar-refractivity contribution in [3.8, 4) is 0 Å². The molecule has 2 rings (SSSR count). The summed E-state index contributed by atoms with van der Waals surface area (Å²) in [7, 11) is 4.37. The number of ether oxygens (including phenoxy) is 1. The van der Waals surface area contributed by atoms with Gasteiger partial charge in [0.1, 0.15) is 11.0 Å². The van der Waals surface area contributed by atoms with Crippen molar-refractivity contribution >= 4 is 40.1 Å². The van der Waals surface area contributed by atoms with Crippen LogP contribution in [0.1, 0.15) is 48.9 Å². The molecule has 0 aliphatic heterocycles. The van der Waals surface area contributed by atoms with E-state index >= 15 is 0 Å². The number of carboxylic acids is 1. The molecule has 2 amide bonds. The monoisotopic (exact) mass is 408 g/mol. The average molecular weight is 408 g/mol. The number of carboxylic acid groups (broad SMARTS) is 1. The van der Waals surface area contributed by atoms with Crippen LogP contribution in [0.4, 0.5) is 5.00 Å². The summed E-state index contributed by atoms with van der Waals surface area (Å²) in [5, 5.41) is 15.6. The molecule has 0 fully saturated rings. The molecule has 2 heterocycles. The van der Waals surface area contributed by atoms with Crippen LogP contribution in [0.15, 0.2) is 12.4 Å². The first-order valence-electron chi connectivity index (χ1n) is 8.10. The molecule has 0 radical (unpaired) electrons. The summed E-state index contributed by atoms with van der Waals surface area (Å²) >= 11 is 0.970. The lowest BCUT2D eigenvalue weighted by molar-refractivity contribution is -0.119. The molecule has 2 aromatic heterocycles. The number of carbonyl (C=O) groups excluding carboxylic acids is 3. The molecule has 2 aromatic rings. The number of carbonyl (C=O) groups is 4. The van der Waals surface area contributed by atoms with Gasteiger partial charge in [-0.25, -0.2) is 9.59 Å². The SMILES string of the molecule is COC(=O)c1c(NC(=O)C(C)n2cc(C(=O)O)cn2)sc(C(=O)N(C)C)c1C. The highest BCUT2D eigenvalue weighted by molar-refractivity contribution is 7.18. The fourth-order valence-corrected chi connectivity index (χ4v) is 3.57. The summed E-state index contributed by atoms with van der Waals surface area (Å²) in [6.07, 6.45) is 2.36. The van der Waals surface area contributed by atoms with Crippen molar-refractivity contribution in [1.29, 1.82) is 0 Å². The Morgan fingerprint density at radius 3 is 2.46 bits per heavy atom. The van der Waals surface area contributed by atoms with Crippen molar-refractivity contribution < 1.29 is 29.0 Å². The van der Waals surface area contributed by atoms with E-state index in [9.17, 15) is 19.2 Å². The summed E-state index contributed by atoms with van der Waals surface area (Å²) in [4.78, 5) is 49.8. The van der Waals surface area contributed by atoms with E-state index in [-0.39, 0.29) is 22.0 Å². The Bertz CT molecular complexity index is 946. The molecule has 1 atom stereocenters. The minimum Gasteiger partial charge on any atom is -0.478 e. The van der Waals surface area contributed by atoms with Crippen molar-refractivity contribution in [2.24, 2.45) is 0 Å². The van der Waals surface area contributed by atoms with Gasteiger partial charge in [-0.2, -0.15) is 5.10 Å². The van der Waals surface area contributed by atoms with Crippen LogP contribution in [0, 0.1) is 6.92 Å². The first kappa shape index (κ1) is 21.1. The van der Waals surface area contributed by atoms with E-state index in [1.54, 1.807) is 21.0 Å². The second-order valence-corrected chi connectivity index (χ2v) is 7.15. The second kappa shape index (κ2) is 8.21. The number of hydrogen-bond donors (Lipinski definition) is 2. The summed E-state index contributed by atoms with van der Waals surface area (Å²) in [5.74, 6) is -2.68. The second-order valence-electron chi connectivity index (χ2n) is 6.13.